The number of aliphatic carboxylic acids is 1. The van der Waals surface area contributed by atoms with Gasteiger partial charge >= 0.3 is 11.9 Å². The average molecular weight is 489 g/mol. The van der Waals surface area contributed by atoms with Crippen molar-refractivity contribution in [2.45, 2.75) is 36.8 Å². The van der Waals surface area contributed by atoms with Gasteiger partial charge in [-0.15, -0.1) is 0 Å². The molecule has 1 aliphatic rings. The monoisotopic (exact) mass is 488 g/mol. The molecule has 2 aromatic carbocycles. The normalized spacial score (nSPS) is 25.0. The molecule has 9 heteroatoms. The number of aromatic hydroxyl groups is 1. The number of hydrogen-bond acceptors (Lipinski definition) is 7. The van der Waals surface area contributed by atoms with Gasteiger partial charge in [0.1, 0.15) is 18.0 Å². The minimum atomic E-state index is -1.85. The molecule has 1 saturated carbocycles. The number of aliphatic hydroxyl groups excluding tert-OH is 2. The van der Waals surface area contributed by atoms with Gasteiger partial charge in [-0.2, -0.15) is 0 Å². The molecule has 4 unspecified atom stereocenters. The number of halogens is 1. The fourth-order valence-electron chi connectivity index (χ4n) is 3.60. The van der Waals surface area contributed by atoms with E-state index in [0.29, 0.717) is 10.6 Å². The number of esters is 1. The van der Waals surface area contributed by atoms with Crippen LogP contribution in [0.3, 0.4) is 0 Å². The Hall–Kier alpha value is -3.17. The molecule has 0 aromatic heterocycles. The van der Waals surface area contributed by atoms with Gasteiger partial charge < -0.3 is 29.9 Å². The third-order valence-corrected chi connectivity index (χ3v) is 5.70. The molecule has 0 spiro atoms. The number of carbonyl (C=O) groups excluding carboxylic acids is 1. The Balaban J connectivity index is 1.65. The third-order valence-electron chi connectivity index (χ3n) is 5.44. The molecule has 34 heavy (non-hydrogen) atoms. The van der Waals surface area contributed by atoms with Crippen LogP contribution in [0.2, 0.25) is 5.02 Å². The molecule has 0 heterocycles. The van der Waals surface area contributed by atoms with Crippen LogP contribution in [0.15, 0.2) is 60.7 Å². The van der Waals surface area contributed by atoms with Crippen LogP contribution in [0.4, 0.5) is 0 Å². The van der Waals surface area contributed by atoms with Gasteiger partial charge in [-0.25, -0.2) is 9.59 Å². The topological polar surface area (TPSA) is 134 Å². The van der Waals surface area contributed by atoms with Crippen LogP contribution in [-0.2, 0) is 19.1 Å². The van der Waals surface area contributed by atoms with E-state index in [-0.39, 0.29) is 25.2 Å². The van der Waals surface area contributed by atoms with Crippen LogP contribution in [0, 0.1) is 0 Å². The van der Waals surface area contributed by atoms with Gasteiger partial charge in [-0.1, -0.05) is 48.0 Å². The number of carbonyl (C=O) groups is 2. The molecule has 0 saturated heterocycles. The first-order valence-electron chi connectivity index (χ1n) is 10.5. The number of phenolic OH excluding ortho intramolecular Hbond substituents is 1. The Morgan fingerprint density at radius 3 is 2.26 bits per heavy atom. The number of aliphatic hydroxyl groups is 2. The number of carboxylic acid groups (broad SMARTS) is 1. The van der Waals surface area contributed by atoms with E-state index in [1.807, 2.05) is 0 Å². The largest absolute Gasteiger partial charge is 0.508 e. The van der Waals surface area contributed by atoms with Crippen LogP contribution in [0.1, 0.15) is 24.0 Å². The smallest absolute Gasteiger partial charge is 0.336 e. The summed E-state index contributed by atoms with van der Waals surface area (Å²) in [7, 11) is 0. The van der Waals surface area contributed by atoms with E-state index in [2.05, 4.69) is 0 Å². The molecule has 0 radical (unpaired) electrons. The first-order chi connectivity index (χ1) is 16.2. The molecular formula is C25H25ClO8. The lowest BCUT2D eigenvalue weighted by Gasteiger charge is -2.41. The minimum Gasteiger partial charge on any atom is -0.508 e. The van der Waals surface area contributed by atoms with Crippen LogP contribution >= 0.6 is 11.6 Å². The summed E-state index contributed by atoms with van der Waals surface area (Å²) in [5.41, 5.74) is -0.396. The first-order valence-corrected chi connectivity index (χ1v) is 10.9. The van der Waals surface area contributed by atoms with Gasteiger partial charge in [0, 0.05) is 23.9 Å². The lowest BCUT2D eigenvalue weighted by molar-refractivity contribution is -0.204. The summed E-state index contributed by atoms with van der Waals surface area (Å²) in [5.74, 6) is -2.08. The average Bonchev–Trinajstić information content (AvgIpc) is 2.80. The van der Waals surface area contributed by atoms with Crippen molar-refractivity contribution < 1.29 is 39.5 Å². The summed E-state index contributed by atoms with van der Waals surface area (Å²) in [6.07, 6.45) is 0.962. The van der Waals surface area contributed by atoms with E-state index in [4.69, 9.17) is 21.1 Å². The zero-order valence-electron chi connectivity index (χ0n) is 18.1. The second-order valence-corrected chi connectivity index (χ2v) is 8.37. The van der Waals surface area contributed by atoms with Crippen LogP contribution in [-0.4, -0.2) is 62.9 Å². The van der Waals surface area contributed by atoms with Gasteiger partial charge in [0.05, 0.1) is 12.7 Å². The lowest BCUT2D eigenvalue weighted by atomic mass is 9.79. The van der Waals surface area contributed by atoms with Crippen molar-refractivity contribution in [3.05, 3.63) is 76.8 Å². The van der Waals surface area contributed by atoms with Gasteiger partial charge in [0.2, 0.25) is 0 Å². The summed E-state index contributed by atoms with van der Waals surface area (Å²) >= 11 is 5.85. The van der Waals surface area contributed by atoms with E-state index in [1.165, 1.54) is 18.2 Å². The molecule has 1 aliphatic carbocycles. The molecular weight excluding hydrogens is 464 g/mol. The second-order valence-electron chi connectivity index (χ2n) is 7.93. The zero-order chi connectivity index (χ0) is 24.7. The number of rotatable bonds is 8. The Bertz CT molecular complexity index is 1050. The molecule has 2 aromatic rings. The fourth-order valence-corrected chi connectivity index (χ4v) is 3.73. The highest BCUT2D eigenvalue weighted by Gasteiger charge is 2.52. The van der Waals surface area contributed by atoms with Crippen LogP contribution in [0.25, 0.3) is 12.2 Å². The molecule has 0 aliphatic heterocycles. The fraction of sp³-hybridized carbons (Fsp3) is 0.280. The van der Waals surface area contributed by atoms with E-state index in [9.17, 15) is 30.0 Å². The summed E-state index contributed by atoms with van der Waals surface area (Å²) < 4.78 is 10.9. The predicted molar refractivity (Wildman–Crippen MR) is 125 cm³/mol. The molecule has 8 nitrogen and oxygen atoms in total. The number of hydrogen-bond donors (Lipinski definition) is 4. The maximum absolute atomic E-state index is 12.3. The van der Waals surface area contributed by atoms with Crippen molar-refractivity contribution in [1.82, 2.24) is 0 Å². The van der Waals surface area contributed by atoms with Crippen molar-refractivity contribution in [3.8, 4) is 5.75 Å². The van der Waals surface area contributed by atoms with Crippen LogP contribution in [0.5, 0.6) is 5.75 Å². The lowest BCUT2D eigenvalue weighted by Crippen LogP contribution is -2.58. The van der Waals surface area contributed by atoms with Crippen molar-refractivity contribution >= 4 is 35.7 Å². The van der Waals surface area contributed by atoms with Gasteiger partial charge in [-0.3, -0.25) is 0 Å². The highest BCUT2D eigenvalue weighted by atomic mass is 35.5. The summed E-state index contributed by atoms with van der Waals surface area (Å²) in [6.45, 7) is -0.0842. The Morgan fingerprint density at radius 1 is 1.00 bits per heavy atom. The van der Waals surface area contributed by atoms with Crippen molar-refractivity contribution in [2.75, 3.05) is 6.61 Å². The molecule has 180 valence electrons. The molecule has 1 fully saturated rings. The first kappa shape index (κ1) is 25.5. The van der Waals surface area contributed by atoms with Crippen molar-refractivity contribution in [3.63, 3.8) is 0 Å². The summed E-state index contributed by atoms with van der Waals surface area (Å²) in [4.78, 5) is 24.3. The number of benzene rings is 2. The third kappa shape index (κ3) is 6.68. The quantitative estimate of drug-likeness (QED) is 0.329. The van der Waals surface area contributed by atoms with E-state index < -0.39 is 35.9 Å². The van der Waals surface area contributed by atoms with E-state index in [0.717, 1.165) is 11.6 Å². The van der Waals surface area contributed by atoms with E-state index >= 15 is 0 Å². The maximum atomic E-state index is 12.3. The number of carboxylic acids is 1. The Labute approximate surface area is 201 Å². The molecule has 4 N–H and O–H groups in total. The summed E-state index contributed by atoms with van der Waals surface area (Å²) in [5, 5.41) is 40.3. The minimum absolute atomic E-state index is 0.0760. The molecule has 0 bridgehead atoms. The highest BCUT2D eigenvalue weighted by Crippen LogP contribution is 2.34. The zero-order valence-corrected chi connectivity index (χ0v) is 18.8. The second kappa shape index (κ2) is 11.3. The Morgan fingerprint density at radius 2 is 1.62 bits per heavy atom. The van der Waals surface area contributed by atoms with Crippen molar-refractivity contribution in [1.29, 1.82) is 0 Å². The predicted octanol–water partition coefficient (Wildman–Crippen LogP) is 3.04. The molecule has 4 atom stereocenters. The van der Waals surface area contributed by atoms with Crippen LogP contribution < -0.4 is 0 Å². The number of phenols is 1. The molecule has 0 amide bonds. The molecule has 3 rings (SSSR count). The maximum Gasteiger partial charge on any atom is 0.336 e. The van der Waals surface area contributed by atoms with E-state index in [1.54, 1.807) is 48.6 Å². The van der Waals surface area contributed by atoms with Crippen molar-refractivity contribution in [2.24, 2.45) is 0 Å². The number of ether oxygens (including phenoxy) is 2. The SMILES string of the molecule is O=C(/C=C/c1ccc(O)cc1)OC1CC(OC/C=C/c2ccc(Cl)cc2)(C(=O)O)CC(O)C1O. The van der Waals surface area contributed by atoms with Gasteiger partial charge in [0.15, 0.2) is 5.60 Å². The van der Waals surface area contributed by atoms with Gasteiger partial charge in [0.25, 0.3) is 0 Å². The standard InChI is InChI=1S/C25H25ClO8/c26-18-8-3-16(4-9-18)2-1-13-33-25(24(31)32)14-20(28)23(30)21(15-25)34-22(29)12-7-17-5-10-19(27)11-6-17/h1-12,20-21,23,27-28,30H,13-15H2,(H,31,32)/b2-1+,12-7+. The highest BCUT2D eigenvalue weighted by molar-refractivity contribution is 6.30. The Kier molecular flexibility index (Phi) is 8.46. The summed E-state index contributed by atoms with van der Waals surface area (Å²) in [6, 6.07) is 13.1. The van der Waals surface area contributed by atoms with Gasteiger partial charge in [-0.05, 0) is 41.5 Å².